The number of carbonyl (C=O) groups excluding carboxylic acids is 1. The molecule has 3 aromatic rings. The van der Waals surface area contributed by atoms with Crippen LogP contribution in [0.5, 0.6) is 0 Å². The number of hydrogen-bond donors (Lipinski definition) is 1. The van der Waals surface area contributed by atoms with E-state index in [0.717, 1.165) is 30.5 Å². The minimum atomic E-state index is 0.0189. The molecule has 0 bridgehead atoms. The first kappa shape index (κ1) is 17.7. The zero-order valence-corrected chi connectivity index (χ0v) is 16.2. The smallest absolute Gasteiger partial charge is 0.318 e. The molecule has 2 amide bonds. The van der Waals surface area contributed by atoms with Crippen molar-refractivity contribution in [1.82, 2.24) is 25.0 Å². The summed E-state index contributed by atoms with van der Waals surface area (Å²) < 4.78 is 1.79. The largest absolute Gasteiger partial charge is 0.334 e. The second-order valence-corrected chi connectivity index (χ2v) is 7.74. The summed E-state index contributed by atoms with van der Waals surface area (Å²) in [6.07, 6.45) is 5.13. The molecule has 2 aromatic heterocycles. The lowest BCUT2D eigenvalue weighted by Gasteiger charge is -2.35. The molecule has 27 heavy (non-hydrogen) atoms. The van der Waals surface area contributed by atoms with Crippen LogP contribution in [0.3, 0.4) is 0 Å². The van der Waals surface area contributed by atoms with Crippen LogP contribution in [0.2, 0.25) is 0 Å². The van der Waals surface area contributed by atoms with E-state index in [-0.39, 0.29) is 12.1 Å². The van der Waals surface area contributed by atoms with Crippen molar-refractivity contribution in [2.24, 2.45) is 0 Å². The first-order chi connectivity index (χ1) is 13.2. The van der Waals surface area contributed by atoms with Gasteiger partial charge < -0.3 is 10.2 Å². The Hall–Kier alpha value is -2.67. The second-order valence-electron chi connectivity index (χ2n) is 6.73. The van der Waals surface area contributed by atoms with Crippen LogP contribution in [0, 0.1) is 0 Å². The van der Waals surface area contributed by atoms with Gasteiger partial charge in [-0.2, -0.15) is 5.10 Å². The fourth-order valence-corrected chi connectivity index (χ4v) is 4.55. The molecule has 1 aliphatic rings. The summed E-state index contributed by atoms with van der Waals surface area (Å²) >= 11 is 1.80. The van der Waals surface area contributed by atoms with E-state index < -0.39 is 0 Å². The summed E-state index contributed by atoms with van der Waals surface area (Å²) in [7, 11) is 0. The minimum absolute atomic E-state index is 0.0189. The van der Waals surface area contributed by atoms with E-state index in [1.54, 1.807) is 22.3 Å². The fourth-order valence-electron chi connectivity index (χ4n) is 3.62. The number of amides is 2. The molecule has 0 spiro atoms. The molecule has 1 aliphatic heterocycles. The normalized spacial score (nSPS) is 16.2. The zero-order valence-electron chi connectivity index (χ0n) is 15.3. The van der Waals surface area contributed by atoms with Gasteiger partial charge in [-0.3, -0.25) is 0 Å². The van der Waals surface area contributed by atoms with Gasteiger partial charge in [0.25, 0.3) is 0 Å². The van der Waals surface area contributed by atoms with Crippen LogP contribution in [0.4, 0.5) is 4.79 Å². The van der Waals surface area contributed by atoms with Crippen LogP contribution >= 0.6 is 11.3 Å². The lowest BCUT2D eigenvalue weighted by Crippen LogP contribution is -2.44. The maximum Gasteiger partial charge on any atom is 0.318 e. The van der Waals surface area contributed by atoms with E-state index in [0.29, 0.717) is 13.1 Å². The van der Waals surface area contributed by atoms with E-state index in [4.69, 9.17) is 0 Å². The molecule has 6 nitrogen and oxygen atoms in total. The fraction of sp³-hybridized carbons (Fsp3) is 0.350. The summed E-state index contributed by atoms with van der Waals surface area (Å²) in [5.74, 6) is 0. The number of benzene rings is 1. The van der Waals surface area contributed by atoms with Crippen molar-refractivity contribution >= 4 is 17.4 Å². The third-order valence-corrected chi connectivity index (χ3v) is 6.02. The molecule has 3 heterocycles. The van der Waals surface area contributed by atoms with E-state index in [9.17, 15) is 4.79 Å². The summed E-state index contributed by atoms with van der Waals surface area (Å²) in [6.45, 7) is 4.16. The van der Waals surface area contributed by atoms with E-state index in [1.807, 2.05) is 4.90 Å². The van der Waals surface area contributed by atoms with Crippen LogP contribution in [-0.4, -0.2) is 32.2 Å². The number of urea groups is 1. The van der Waals surface area contributed by atoms with Gasteiger partial charge in [-0.15, -0.1) is 11.3 Å². The van der Waals surface area contributed by atoms with Crippen LogP contribution in [0.25, 0.3) is 0 Å². The van der Waals surface area contributed by atoms with Crippen LogP contribution in [-0.2, 0) is 19.5 Å². The maximum atomic E-state index is 12.8. The molecule has 1 N–H and O–H groups in total. The number of hydrogen-bond acceptors (Lipinski definition) is 4. The van der Waals surface area contributed by atoms with Gasteiger partial charge in [0.1, 0.15) is 12.7 Å². The summed E-state index contributed by atoms with van der Waals surface area (Å²) in [6, 6.07) is 10.6. The molecule has 0 aliphatic carbocycles. The number of aromatic nitrogens is 3. The highest BCUT2D eigenvalue weighted by atomic mass is 32.1. The summed E-state index contributed by atoms with van der Waals surface area (Å²) in [4.78, 5) is 20.1. The average Bonchev–Trinajstić information content (AvgIpc) is 3.38. The predicted molar refractivity (Wildman–Crippen MR) is 106 cm³/mol. The third-order valence-electron chi connectivity index (χ3n) is 5.02. The molecule has 1 atom stereocenters. The van der Waals surface area contributed by atoms with Crippen molar-refractivity contribution < 1.29 is 4.79 Å². The molecule has 1 aromatic carbocycles. The Morgan fingerprint density at radius 2 is 2.07 bits per heavy atom. The lowest BCUT2D eigenvalue weighted by atomic mass is 9.98. The minimum Gasteiger partial charge on any atom is -0.334 e. The molecule has 140 valence electrons. The van der Waals surface area contributed by atoms with Gasteiger partial charge in [-0.05, 0) is 41.0 Å². The molecule has 4 rings (SSSR count). The number of fused-ring (bicyclic) bond motifs is 1. The van der Waals surface area contributed by atoms with Gasteiger partial charge >= 0.3 is 6.03 Å². The van der Waals surface area contributed by atoms with Crippen molar-refractivity contribution in [3.05, 3.63) is 69.9 Å². The summed E-state index contributed by atoms with van der Waals surface area (Å²) in [5.41, 5.74) is 3.57. The zero-order chi connectivity index (χ0) is 18.6. The average molecular weight is 382 g/mol. The number of thiophene rings is 1. The van der Waals surface area contributed by atoms with Gasteiger partial charge in [0.15, 0.2) is 0 Å². The lowest BCUT2D eigenvalue weighted by molar-refractivity contribution is 0.167. The number of carbonyl (C=O) groups is 1. The molecule has 0 saturated heterocycles. The maximum absolute atomic E-state index is 12.8. The molecule has 1 unspecified atom stereocenters. The first-order valence-corrected chi connectivity index (χ1v) is 10.1. The topological polar surface area (TPSA) is 63.1 Å². The Morgan fingerprint density at radius 1 is 1.26 bits per heavy atom. The van der Waals surface area contributed by atoms with Gasteiger partial charge in [-0.25, -0.2) is 14.5 Å². The third kappa shape index (κ3) is 3.88. The van der Waals surface area contributed by atoms with Crippen molar-refractivity contribution in [2.75, 3.05) is 6.54 Å². The van der Waals surface area contributed by atoms with E-state index in [2.05, 4.69) is 58.0 Å². The highest BCUT2D eigenvalue weighted by molar-refractivity contribution is 7.10. The molecule has 0 radical (unpaired) electrons. The highest BCUT2D eigenvalue weighted by Gasteiger charge is 2.30. The summed E-state index contributed by atoms with van der Waals surface area (Å²) in [5, 5.41) is 9.33. The van der Waals surface area contributed by atoms with Gasteiger partial charge in [0, 0.05) is 18.0 Å². The predicted octanol–water partition coefficient (Wildman–Crippen LogP) is 3.61. The second kappa shape index (κ2) is 7.92. The monoisotopic (exact) mass is 381 g/mol. The van der Waals surface area contributed by atoms with E-state index >= 15 is 0 Å². The number of rotatable bonds is 5. The van der Waals surface area contributed by atoms with Gasteiger partial charge in [0.2, 0.25) is 0 Å². The van der Waals surface area contributed by atoms with Crippen LogP contribution < -0.4 is 5.32 Å². The number of nitrogens with one attached hydrogen (secondary N) is 1. The standard InChI is InChI=1S/C20H23N5OS/c1-2-18-17-8-10-27-19(17)7-9-25(18)20(26)22-11-15-3-5-16(6-4-15)12-24-14-21-13-23-24/h3-6,8,10,13-14,18H,2,7,9,11-12H2,1H3,(H,22,26). The highest BCUT2D eigenvalue weighted by Crippen LogP contribution is 2.35. The van der Waals surface area contributed by atoms with Crippen molar-refractivity contribution in [2.45, 2.75) is 38.9 Å². The molecular formula is C20H23N5OS. The Morgan fingerprint density at radius 3 is 2.81 bits per heavy atom. The SMILES string of the molecule is CCC1c2ccsc2CCN1C(=O)NCc1ccc(Cn2cncn2)cc1. The Labute approximate surface area is 162 Å². The quantitative estimate of drug-likeness (QED) is 0.734. The van der Waals surface area contributed by atoms with Crippen LogP contribution in [0.1, 0.15) is 41.0 Å². The first-order valence-electron chi connectivity index (χ1n) is 9.25. The Bertz CT molecular complexity index is 888. The molecule has 0 saturated carbocycles. The molecule has 7 heteroatoms. The Kier molecular flexibility index (Phi) is 5.20. The molecule has 0 fully saturated rings. The number of nitrogens with zero attached hydrogens (tertiary/aromatic N) is 4. The van der Waals surface area contributed by atoms with Crippen LogP contribution in [0.15, 0.2) is 48.4 Å². The van der Waals surface area contributed by atoms with Gasteiger partial charge in [-0.1, -0.05) is 31.2 Å². The van der Waals surface area contributed by atoms with Crippen molar-refractivity contribution in [3.63, 3.8) is 0 Å². The molecular weight excluding hydrogens is 358 g/mol. The van der Waals surface area contributed by atoms with Crippen molar-refractivity contribution in [3.8, 4) is 0 Å². The van der Waals surface area contributed by atoms with Gasteiger partial charge in [0.05, 0.1) is 12.6 Å². The van der Waals surface area contributed by atoms with E-state index in [1.165, 1.54) is 16.8 Å². The van der Waals surface area contributed by atoms with Crippen molar-refractivity contribution in [1.29, 1.82) is 0 Å². The Balaban J connectivity index is 1.35.